The van der Waals surface area contributed by atoms with Crippen LogP contribution >= 0.6 is 0 Å². The molecular weight excluding hydrogens is 328 g/mol. The Labute approximate surface area is 143 Å². The summed E-state index contributed by atoms with van der Waals surface area (Å²) in [5, 5.41) is 2.81. The highest BCUT2D eigenvalue weighted by Crippen LogP contribution is 2.28. The summed E-state index contributed by atoms with van der Waals surface area (Å²) >= 11 is 0. The zero-order valence-electron chi connectivity index (χ0n) is 14.0. The molecule has 1 aromatic rings. The number of amides is 1. The van der Waals surface area contributed by atoms with Gasteiger partial charge in [-0.3, -0.25) is 4.79 Å². The molecule has 0 unspecified atom stereocenters. The zero-order chi connectivity index (χ0) is 17.2. The van der Waals surface area contributed by atoms with Crippen LogP contribution in [0, 0.1) is 5.92 Å². The van der Waals surface area contributed by atoms with Crippen molar-refractivity contribution in [1.82, 2.24) is 9.62 Å². The average Bonchev–Trinajstić information content (AvgIpc) is 3.42. The van der Waals surface area contributed by atoms with E-state index in [1.165, 1.54) is 0 Å². The van der Waals surface area contributed by atoms with Gasteiger partial charge in [-0.25, -0.2) is 8.42 Å². The van der Waals surface area contributed by atoms with Crippen LogP contribution in [0.4, 0.5) is 0 Å². The summed E-state index contributed by atoms with van der Waals surface area (Å²) in [6, 6.07) is 5.78. The number of fused-ring (bicyclic) bond motifs is 1. The first kappa shape index (κ1) is 17.2. The molecule has 3 rings (SSSR count). The van der Waals surface area contributed by atoms with Gasteiger partial charge in [-0.05, 0) is 48.9 Å². The average molecular weight is 352 g/mol. The van der Waals surface area contributed by atoms with Crippen molar-refractivity contribution in [3.63, 3.8) is 0 Å². The van der Waals surface area contributed by atoms with E-state index in [9.17, 15) is 13.2 Å². The van der Waals surface area contributed by atoms with Gasteiger partial charge >= 0.3 is 0 Å². The maximum Gasteiger partial charge on any atom is 0.223 e. The van der Waals surface area contributed by atoms with E-state index in [1.807, 2.05) is 18.2 Å². The third-order valence-electron chi connectivity index (χ3n) is 4.61. The Morgan fingerprint density at radius 3 is 2.83 bits per heavy atom. The van der Waals surface area contributed by atoms with Crippen LogP contribution in [0.5, 0.6) is 5.75 Å². The van der Waals surface area contributed by atoms with Gasteiger partial charge in [-0.1, -0.05) is 6.07 Å². The molecule has 1 amide bonds. The fraction of sp³-hybridized carbons (Fsp3) is 0.588. The number of sulfonamides is 1. The maximum absolute atomic E-state index is 12.5. The van der Waals surface area contributed by atoms with E-state index in [1.54, 1.807) is 11.4 Å². The smallest absolute Gasteiger partial charge is 0.223 e. The van der Waals surface area contributed by atoms with Crippen molar-refractivity contribution in [3.8, 4) is 5.75 Å². The Morgan fingerprint density at radius 2 is 2.12 bits per heavy atom. The van der Waals surface area contributed by atoms with Crippen LogP contribution in [-0.2, 0) is 27.8 Å². The summed E-state index contributed by atoms with van der Waals surface area (Å²) in [6.07, 6.45) is 3.07. The third-order valence-corrected chi connectivity index (χ3v) is 6.51. The summed E-state index contributed by atoms with van der Waals surface area (Å²) in [5.41, 5.74) is 2.19. The number of nitrogens with zero attached hydrogens (tertiary/aromatic N) is 1. The summed E-state index contributed by atoms with van der Waals surface area (Å²) in [5.74, 6) is 1.10. The summed E-state index contributed by atoms with van der Waals surface area (Å²) in [7, 11) is -1.67. The molecular formula is C17H24N2O4S. The van der Waals surface area contributed by atoms with Crippen LogP contribution in [0.3, 0.4) is 0 Å². The van der Waals surface area contributed by atoms with Gasteiger partial charge in [0.2, 0.25) is 15.9 Å². The van der Waals surface area contributed by atoms with Crippen molar-refractivity contribution in [2.45, 2.75) is 32.2 Å². The number of hydrogen-bond acceptors (Lipinski definition) is 4. The summed E-state index contributed by atoms with van der Waals surface area (Å²) in [4.78, 5) is 11.5. The molecule has 1 heterocycles. The molecule has 0 saturated heterocycles. The molecule has 0 spiro atoms. The van der Waals surface area contributed by atoms with E-state index in [0.29, 0.717) is 32.5 Å². The Kier molecular flexibility index (Phi) is 5.10. The van der Waals surface area contributed by atoms with Crippen LogP contribution in [0.1, 0.15) is 30.4 Å². The number of carbonyl (C=O) groups is 1. The second-order valence-electron chi connectivity index (χ2n) is 6.45. The van der Waals surface area contributed by atoms with Crippen molar-refractivity contribution in [1.29, 1.82) is 0 Å². The van der Waals surface area contributed by atoms with Gasteiger partial charge in [-0.15, -0.1) is 0 Å². The molecule has 24 heavy (non-hydrogen) atoms. The first-order chi connectivity index (χ1) is 11.5. The quantitative estimate of drug-likeness (QED) is 0.751. The number of hydrogen-bond donors (Lipinski definition) is 1. The minimum atomic E-state index is -3.29. The normalized spacial score (nSPS) is 18.0. The lowest BCUT2D eigenvalue weighted by Gasteiger charge is -2.28. The van der Waals surface area contributed by atoms with Crippen molar-refractivity contribution < 1.29 is 17.9 Å². The monoisotopic (exact) mass is 352 g/mol. The molecule has 0 radical (unpaired) electrons. The van der Waals surface area contributed by atoms with Gasteiger partial charge in [0.1, 0.15) is 5.75 Å². The highest BCUT2D eigenvalue weighted by Gasteiger charge is 2.30. The molecule has 1 N–H and O–H groups in total. The topological polar surface area (TPSA) is 75.7 Å². The van der Waals surface area contributed by atoms with Gasteiger partial charge in [0, 0.05) is 25.6 Å². The molecule has 1 aliphatic heterocycles. The largest absolute Gasteiger partial charge is 0.497 e. The second-order valence-corrected chi connectivity index (χ2v) is 8.54. The summed E-state index contributed by atoms with van der Waals surface area (Å²) in [6.45, 7) is 1.34. The Morgan fingerprint density at radius 1 is 1.33 bits per heavy atom. The molecule has 0 aromatic heterocycles. The van der Waals surface area contributed by atoms with Crippen molar-refractivity contribution >= 4 is 15.9 Å². The zero-order valence-corrected chi connectivity index (χ0v) is 14.8. The van der Waals surface area contributed by atoms with E-state index < -0.39 is 10.0 Å². The first-order valence-corrected chi connectivity index (χ1v) is 10.0. The van der Waals surface area contributed by atoms with Crippen LogP contribution < -0.4 is 10.1 Å². The predicted octanol–water partition coefficient (Wildman–Crippen LogP) is 1.30. The van der Waals surface area contributed by atoms with Crippen molar-refractivity contribution in [3.05, 3.63) is 29.3 Å². The van der Waals surface area contributed by atoms with Crippen LogP contribution in [0.25, 0.3) is 0 Å². The lowest BCUT2D eigenvalue weighted by atomic mass is 10.0. The molecule has 132 valence electrons. The van der Waals surface area contributed by atoms with E-state index in [4.69, 9.17) is 4.74 Å². The minimum absolute atomic E-state index is 0.0632. The molecule has 6 nitrogen and oxygen atoms in total. The molecule has 0 bridgehead atoms. The van der Waals surface area contributed by atoms with E-state index in [2.05, 4.69) is 5.32 Å². The highest BCUT2D eigenvalue weighted by atomic mass is 32.2. The predicted molar refractivity (Wildman–Crippen MR) is 91.2 cm³/mol. The van der Waals surface area contributed by atoms with Gasteiger partial charge in [0.05, 0.1) is 12.9 Å². The molecule has 1 saturated carbocycles. The van der Waals surface area contributed by atoms with E-state index >= 15 is 0 Å². The third kappa shape index (κ3) is 4.08. The first-order valence-electron chi connectivity index (χ1n) is 8.41. The lowest BCUT2D eigenvalue weighted by Crippen LogP contribution is -2.38. The fourth-order valence-corrected chi connectivity index (χ4v) is 4.43. The molecule has 1 fully saturated rings. The van der Waals surface area contributed by atoms with Crippen molar-refractivity contribution in [2.75, 3.05) is 26.0 Å². The SMILES string of the molecule is COc1ccc2c(c1)CCN(S(=O)(=O)CCCNC(=O)C1CC1)C2. The Hall–Kier alpha value is -1.60. The van der Waals surface area contributed by atoms with Gasteiger partial charge in [0.15, 0.2) is 0 Å². The second kappa shape index (κ2) is 7.11. The van der Waals surface area contributed by atoms with Gasteiger partial charge < -0.3 is 10.1 Å². The van der Waals surface area contributed by atoms with E-state index in [-0.39, 0.29) is 17.6 Å². The number of nitrogens with one attached hydrogen (secondary N) is 1. The lowest BCUT2D eigenvalue weighted by molar-refractivity contribution is -0.122. The summed E-state index contributed by atoms with van der Waals surface area (Å²) < 4.78 is 31.8. The van der Waals surface area contributed by atoms with Gasteiger partial charge in [-0.2, -0.15) is 4.31 Å². The maximum atomic E-state index is 12.5. The molecule has 0 atom stereocenters. The van der Waals surface area contributed by atoms with Crippen molar-refractivity contribution in [2.24, 2.45) is 5.92 Å². The Balaban J connectivity index is 1.52. The number of rotatable bonds is 7. The molecule has 1 aliphatic carbocycles. The van der Waals surface area contributed by atoms with Crippen LogP contribution in [-0.4, -0.2) is 44.6 Å². The number of methoxy groups -OCH3 is 1. The van der Waals surface area contributed by atoms with Crippen LogP contribution in [0.15, 0.2) is 18.2 Å². The van der Waals surface area contributed by atoms with Crippen LogP contribution in [0.2, 0.25) is 0 Å². The standard InChI is InChI=1S/C17H24N2O4S/c1-23-16-6-5-15-12-19(9-7-14(15)11-16)24(21,22)10-2-8-18-17(20)13-3-4-13/h5-6,11,13H,2-4,7-10,12H2,1H3,(H,18,20). The highest BCUT2D eigenvalue weighted by molar-refractivity contribution is 7.89. The minimum Gasteiger partial charge on any atom is -0.497 e. The van der Waals surface area contributed by atoms with Gasteiger partial charge in [0.25, 0.3) is 0 Å². The molecule has 7 heteroatoms. The Bertz CT molecular complexity index is 713. The fourth-order valence-electron chi connectivity index (χ4n) is 2.95. The van der Waals surface area contributed by atoms with E-state index in [0.717, 1.165) is 29.7 Å². The molecule has 2 aliphatic rings. The number of carbonyl (C=O) groups excluding carboxylic acids is 1. The number of ether oxygens (including phenoxy) is 1. The molecule has 1 aromatic carbocycles. The number of benzene rings is 1.